The molecule has 0 aliphatic heterocycles. The molecule has 0 radical (unpaired) electrons. The van der Waals surface area contributed by atoms with Crippen LogP contribution in [0.15, 0.2) is 12.4 Å². The van der Waals surface area contributed by atoms with Crippen LogP contribution in [0.25, 0.3) is 0 Å². The van der Waals surface area contributed by atoms with E-state index in [4.69, 9.17) is 5.26 Å². The third kappa shape index (κ3) is 3.21. The number of anilines is 1. The van der Waals surface area contributed by atoms with Gasteiger partial charge in [0.05, 0.1) is 12.5 Å². The molecule has 0 amide bonds. The van der Waals surface area contributed by atoms with Crippen molar-refractivity contribution in [3.63, 3.8) is 0 Å². The Hall–Kier alpha value is -1.63. The molecule has 0 atom stereocenters. The monoisotopic (exact) mass is 204 g/mol. The molecule has 4 heteroatoms. The van der Waals surface area contributed by atoms with Gasteiger partial charge in [0.2, 0.25) is 0 Å². The van der Waals surface area contributed by atoms with E-state index < -0.39 is 0 Å². The van der Waals surface area contributed by atoms with E-state index in [-0.39, 0.29) is 0 Å². The van der Waals surface area contributed by atoms with Gasteiger partial charge in [0, 0.05) is 24.3 Å². The highest BCUT2D eigenvalue weighted by Gasteiger charge is 2.11. The Morgan fingerprint density at radius 1 is 1.47 bits per heavy atom. The fourth-order valence-electron chi connectivity index (χ4n) is 1.41. The highest BCUT2D eigenvalue weighted by Crippen LogP contribution is 2.14. The number of rotatable bonds is 4. The SMILES string of the molecule is Cc1cc(N(CCC#N)C(C)C)ncn1. The minimum absolute atomic E-state index is 0.340. The average molecular weight is 204 g/mol. The zero-order valence-corrected chi connectivity index (χ0v) is 9.44. The Balaban J connectivity index is 2.84. The van der Waals surface area contributed by atoms with Gasteiger partial charge in [-0.3, -0.25) is 0 Å². The topological polar surface area (TPSA) is 52.8 Å². The highest BCUT2D eigenvalue weighted by molar-refractivity contribution is 5.39. The van der Waals surface area contributed by atoms with Gasteiger partial charge in [-0.05, 0) is 20.8 Å². The van der Waals surface area contributed by atoms with E-state index >= 15 is 0 Å². The number of hydrogen-bond acceptors (Lipinski definition) is 4. The molecule has 4 nitrogen and oxygen atoms in total. The van der Waals surface area contributed by atoms with Gasteiger partial charge in [-0.1, -0.05) is 0 Å². The second kappa shape index (κ2) is 5.30. The van der Waals surface area contributed by atoms with Crippen LogP contribution >= 0.6 is 0 Å². The molecule has 80 valence electrons. The van der Waals surface area contributed by atoms with Gasteiger partial charge in [-0.2, -0.15) is 5.26 Å². The van der Waals surface area contributed by atoms with Crippen LogP contribution in [0, 0.1) is 18.3 Å². The van der Waals surface area contributed by atoms with Crippen molar-refractivity contribution in [2.45, 2.75) is 33.2 Å². The molecular formula is C11H16N4. The maximum atomic E-state index is 8.59. The standard InChI is InChI=1S/C11H16N4/c1-9(2)15(6-4-5-12)11-7-10(3)13-8-14-11/h7-9H,4,6H2,1-3H3. The molecule has 0 aromatic carbocycles. The molecule has 1 aromatic rings. The largest absolute Gasteiger partial charge is 0.353 e. The van der Waals surface area contributed by atoms with Crippen molar-refractivity contribution in [3.8, 4) is 6.07 Å². The van der Waals surface area contributed by atoms with Gasteiger partial charge in [-0.15, -0.1) is 0 Å². The van der Waals surface area contributed by atoms with Crippen LogP contribution in [0.4, 0.5) is 5.82 Å². The van der Waals surface area contributed by atoms with Crippen LogP contribution in [0.2, 0.25) is 0 Å². The minimum atomic E-state index is 0.340. The summed E-state index contributed by atoms with van der Waals surface area (Å²) in [5.41, 5.74) is 0.947. The minimum Gasteiger partial charge on any atom is -0.353 e. The van der Waals surface area contributed by atoms with Crippen LogP contribution in [-0.4, -0.2) is 22.6 Å². The molecule has 0 unspecified atom stereocenters. The van der Waals surface area contributed by atoms with Crippen LogP contribution in [0.5, 0.6) is 0 Å². The fourth-order valence-corrected chi connectivity index (χ4v) is 1.41. The Bertz CT molecular complexity index is 354. The first-order chi connectivity index (χ1) is 7.15. The van der Waals surface area contributed by atoms with Crippen molar-refractivity contribution in [2.75, 3.05) is 11.4 Å². The lowest BCUT2D eigenvalue weighted by molar-refractivity contribution is 0.675. The van der Waals surface area contributed by atoms with Gasteiger partial charge in [0.15, 0.2) is 0 Å². The van der Waals surface area contributed by atoms with E-state index in [0.29, 0.717) is 19.0 Å². The summed E-state index contributed by atoms with van der Waals surface area (Å²) in [6.45, 7) is 6.84. The van der Waals surface area contributed by atoms with Crippen LogP contribution in [0.1, 0.15) is 26.0 Å². The molecule has 0 bridgehead atoms. The van der Waals surface area contributed by atoms with E-state index in [1.807, 2.05) is 13.0 Å². The summed E-state index contributed by atoms with van der Waals surface area (Å²) in [6.07, 6.45) is 2.08. The first-order valence-corrected chi connectivity index (χ1v) is 5.07. The molecule has 0 fully saturated rings. The third-order valence-electron chi connectivity index (χ3n) is 2.17. The summed E-state index contributed by atoms with van der Waals surface area (Å²) < 4.78 is 0. The van der Waals surface area contributed by atoms with Crippen molar-refractivity contribution in [2.24, 2.45) is 0 Å². The highest BCUT2D eigenvalue weighted by atomic mass is 15.2. The molecule has 0 saturated heterocycles. The molecule has 0 N–H and O–H groups in total. The van der Waals surface area contributed by atoms with Crippen molar-refractivity contribution in [3.05, 3.63) is 18.1 Å². The fraction of sp³-hybridized carbons (Fsp3) is 0.545. The predicted molar refractivity (Wildman–Crippen MR) is 59.5 cm³/mol. The molecule has 1 heterocycles. The van der Waals surface area contributed by atoms with E-state index in [0.717, 1.165) is 11.5 Å². The number of aromatic nitrogens is 2. The number of hydrogen-bond donors (Lipinski definition) is 0. The van der Waals surface area contributed by atoms with Crippen molar-refractivity contribution >= 4 is 5.82 Å². The summed E-state index contributed by atoms with van der Waals surface area (Å²) in [7, 11) is 0. The summed E-state index contributed by atoms with van der Waals surface area (Å²) >= 11 is 0. The molecule has 0 aliphatic carbocycles. The van der Waals surface area contributed by atoms with Gasteiger partial charge in [-0.25, -0.2) is 9.97 Å². The van der Waals surface area contributed by atoms with Gasteiger partial charge >= 0.3 is 0 Å². The zero-order valence-electron chi connectivity index (χ0n) is 9.44. The maximum Gasteiger partial charge on any atom is 0.132 e. The summed E-state index contributed by atoms with van der Waals surface area (Å²) in [5.74, 6) is 0.896. The molecule has 1 rings (SSSR count). The Kier molecular flexibility index (Phi) is 4.04. The van der Waals surface area contributed by atoms with E-state index in [1.54, 1.807) is 6.33 Å². The molecule has 0 spiro atoms. The van der Waals surface area contributed by atoms with Crippen molar-refractivity contribution in [1.82, 2.24) is 9.97 Å². The maximum absolute atomic E-state index is 8.59. The van der Waals surface area contributed by atoms with Crippen molar-refractivity contribution in [1.29, 1.82) is 5.26 Å². The number of nitriles is 1. The van der Waals surface area contributed by atoms with E-state index in [2.05, 4.69) is 34.8 Å². The second-order valence-corrected chi connectivity index (χ2v) is 3.71. The Labute approximate surface area is 90.6 Å². The molecule has 15 heavy (non-hydrogen) atoms. The van der Waals surface area contributed by atoms with Crippen LogP contribution in [-0.2, 0) is 0 Å². The quantitative estimate of drug-likeness (QED) is 0.751. The van der Waals surface area contributed by atoms with Crippen LogP contribution in [0.3, 0.4) is 0 Å². The normalized spacial score (nSPS) is 10.1. The lowest BCUT2D eigenvalue weighted by Gasteiger charge is -2.26. The predicted octanol–water partition coefficient (Wildman–Crippen LogP) is 1.91. The van der Waals surface area contributed by atoms with Gasteiger partial charge < -0.3 is 4.90 Å². The molecule has 0 aliphatic rings. The molecule has 1 aromatic heterocycles. The van der Waals surface area contributed by atoms with Gasteiger partial charge in [0.1, 0.15) is 12.1 Å². The third-order valence-corrected chi connectivity index (χ3v) is 2.17. The lowest BCUT2D eigenvalue weighted by Crippen LogP contribution is -2.32. The Morgan fingerprint density at radius 3 is 2.73 bits per heavy atom. The van der Waals surface area contributed by atoms with E-state index in [1.165, 1.54) is 0 Å². The van der Waals surface area contributed by atoms with Gasteiger partial charge in [0.25, 0.3) is 0 Å². The summed E-state index contributed by atoms with van der Waals surface area (Å²) in [6, 6.07) is 4.43. The Morgan fingerprint density at radius 2 is 2.20 bits per heavy atom. The van der Waals surface area contributed by atoms with Crippen molar-refractivity contribution < 1.29 is 0 Å². The first kappa shape index (κ1) is 11.4. The number of aryl methyl sites for hydroxylation is 1. The lowest BCUT2D eigenvalue weighted by atomic mass is 10.2. The van der Waals surface area contributed by atoms with E-state index in [9.17, 15) is 0 Å². The molecular weight excluding hydrogens is 188 g/mol. The number of nitrogens with zero attached hydrogens (tertiary/aromatic N) is 4. The van der Waals surface area contributed by atoms with Crippen LogP contribution < -0.4 is 4.90 Å². The summed E-state index contributed by atoms with van der Waals surface area (Å²) in [4.78, 5) is 10.4. The smallest absolute Gasteiger partial charge is 0.132 e. The average Bonchev–Trinajstić information content (AvgIpc) is 2.18. The zero-order chi connectivity index (χ0) is 11.3. The first-order valence-electron chi connectivity index (χ1n) is 5.07. The second-order valence-electron chi connectivity index (χ2n) is 3.71. The summed E-state index contributed by atoms with van der Waals surface area (Å²) in [5, 5.41) is 8.59. The molecule has 0 saturated carbocycles.